The van der Waals surface area contributed by atoms with Crippen molar-refractivity contribution in [2.45, 2.75) is 22.9 Å². The average Bonchev–Trinajstić information content (AvgIpc) is 2.90. The van der Waals surface area contributed by atoms with Crippen LogP contribution in [0.25, 0.3) is 0 Å². The van der Waals surface area contributed by atoms with Gasteiger partial charge in [-0.05, 0) is 84.1 Å². The van der Waals surface area contributed by atoms with E-state index in [2.05, 4.69) is 69.8 Å². The van der Waals surface area contributed by atoms with Gasteiger partial charge < -0.3 is 21.3 Å². The molecule has 0 aromatic heterocycles. The molecular formula is C28H26N4S3. The van der Waals surface area contributed by atoms with Crippen molar-refractivity contribution in [3.63, 3.8) is 0 Å². The van der Waals surface area contributed by atoms with Crippen molar-refractivity contribution in [2.75, 3.05) is 10.6 Å². The van der Waals surface area contributed by atoms with Gasteiger partial charge >= 0.3 is 0 Å². The summed E-state index contributed by atoms with van der Waals surface area (Å²) >= 11 is 12.5. The minimum Gasteiger partial charge on any atom is -0.358 e. The van der Waals surface area contributed by atoms with Crippen LogP contribution in [0.4, 0.5) is 11.4 Å². The van der Waals surface area contributed by atoms with Crippen molar-refractivity contribution in [3.05, 3.63) is 120 Å². The van der Waals surface area contributed by atoms with Crippen molar-refractivity contribution in [1.29, 1.82) is 0 Å². The van der Waals surface area contributed by atoms with E-state index in [9.17, 15) is 0 Å². The number of anilines is 2. The highest BCUT2D eigenvalue weighted by molar-refractivity contribution is 7.99. The molecule has 4 N–H and O–H groups in total. The van der Waals surface area contributed by atoms with Crippen LogP contribution in [0, 0.1) is 0 Å². The summed E-state index contributed by atoms with van der Waals surface area (Å²) in [6, 6.07) is 36.9. The maximum absolute atomic E-state index is 5.41. The molecule has 0 unspecified atom stereocenters. The average molecular weight is 515 g/mol. The van der Waals surface area contributed by atoms with E-state index in [1.165, 1.54) is 11.1 Å². The predicted octanol–water partition coefficient (Wildman–Crippen LogP) is 6.81. The molecule has 0 saturated heterocycles. The SMILES string of the molecule is S=C(NCc1ccccc1)Nc1ccc(Sc2ccc(NC(=S)NCc3ccccc3)cc2)cc1. The zero-order valence-electron chi connectivity index (χ0n) is 19.0. The van der Waals surface area contributed by atoms with E-state index in [0.717, 1.165) is 21.2 Å². The van der Waals surface area contributed by atoms with Crippen molar-refractivity contribution < 1.29 is 0 Å². The first-order valence-corrected chi connectivity index (χ1v) is 12.8. The maximum Gasteiger partial charge on any atom is 0.171 e. The summed E-state index contributed by atoms with van der Waals surface area (Å²) < 4.78 is 0. The molecular weight excluding hydrogens is 489 g/mol. The van der Waals surface area contributed by atoms with Crippen LogP contribution >= 0.6 is 36.2 Å². The third-order valence-electron chi connectivity index (χ3n) is 5.05. The highest BCUT2D eigenvalue weighted by Gasteiger charge is 2.03. The lowest BCUT2D eigenvalue weighted by Crippen LogP contribution is -2.27. The van der Waals surface area contributed by atoms with Gasteiger partial charge in [0.2, 0.25) is 0 Å². The Morgan fingerprint density at radius 2 is 0.886 bits per heavy atom. The minimum absolute atomic E-state index is 0.605. The lowest BCUT2D eigenvalue weighted by atomic mass is 10.2. The molecule has 4 rings (SSSR count). The smallest absolute Gasteiger partial charge is 0.171 e. The molecule has 176 valence electrons. The Kier molecular flexibility index (Phi) is 9.11. The van der Waals surface area contributed by atoms with E-state index >= 15 is 0 Å². The summed E-state index contributed by atoms with van der Waals surface area (Å²) in [7, 11) is 0. The van der Waals surface area contributed by atoms with Gasteiger partial charge in [-0.15, -0.1) is 0 Å². The monoisotopic (exact) mass is 514 g/mol. The molecule has 0 fully saturated rings. The molecule has 0 heterocycles. The van der Waals surface area contributed by atoms with Gasteiger partial charge in [-0.3, -0.25) is 0 Å². The molecule has 0 spiro atoms. The summed E-state index contributed by atoms with van der Waals surface area (Å²) in [6.07, 6.45) is 0. The van der Waals surface area contributed by atoms with Crippen LogP contribution < -0.4 is 21.3 Å². The molecule has 0 bridgehead atoms. The highest BCUT2D eigenvalue weighted by atomic mass is 32.2. The number of thiocarbonyl (C=S) groups is 2. The zero-order chi connectivity index (χ0) is 24.3. The number of rotatable bonds is 8. The number of nitrogens with one attached hydrogen (secondary N) is 4. The standard InChI is InChI=1S/C28H26N4S3/c33-27(29-19-21-7-3-1-4-8-21)31-23-11-15-25(16-12-23)35-26-17-13-24(14-18-26)32-28(34)30-20-22-9-5-2-6-10-22/h1-18H,19-20H2,(H2,29,31,33)(H2,30,32,34). The zero-order valence-corrected chi connectivity index (χ0v) is 21.5. The number of benzene rings is 4. The van der Waals surface area contributed by atoms with Gasteiger partial charge in [0, 0.05) is 34.3 Å². The molecule has 0 amide bonds. The lowest BCUT2D eigenvalue weighted by molar-refractivity contribution is 0.926. The summed E-state index contributed by atoms with van der Waals surface area (Å²) in [4.78, 5) is 2.30. The summed E-state index contributed by atoms with van der Waals surface area (Å²) in [5.74, 6) is 0. The van der Waals surface area contributed by atoms with Crippen LogP contribution in [0.3, 0.4) is 0 Å². The van der Waals surface area contributed by atoms with E-state index in [-0.39, 0.29) is 0 Å². The van der Waals surface area contributed by atoms with Crippen LogP contribution in [0.1, 0.15) is 11.1 Å². The van der Waals surface area contributed by atoms with Crippen molar-refractivity contribution in [2.24, 2.45) is 0 Å². The Morgan fingerprint density at radius 1 is 0.514 bits per heavy atom. The van der Waals surface area contributed by atoms with Crippen molar-refractivity contribution in [3.8, 4) is 0 Å². The highest BCUT2D eigenvalue weighted by Crippen LogP contribution is 2.29. The molecule has 0 aliphatic carbocycles. The Morgan fingerprint density at radius 3 is 1.26 bits per heavy atom. The topological polar surface area (TPSA) is 48.1 Å². The molecule has 0 aliphatic heterocycles. The first kappa shape index (κ1) is 24.7. The second-order valence-electron chi connectivity index (χ2n) is 7.74. The third kappa shape index (κ3) is 8.40. The summed E-state index contributed by atoms with van der Waals surface area (Å²) in [5.41, 5.74) is 4.29. The molecule has 0 aliphatic rings. The molecule has 4 aromatic carbocycles. The second kappa shape index (κ2) is 12.9. The van der Waals surface area contributed by atoms with Gasteiger partial charge in [-0.1, -0.05) is 72.4 Å². The lowest BCUT2D eigenvalue weighted by Gasteiger charge is -2.12. The molecule has 4 nitrogen and oxygen atoms in total. The number of hydrogen-bond donors (Lipinski definition) is 4. The molecule has 0 radical (unpaired) electrons. The molecule has 35 heavy (non-hydrogen) atoms. The van der Waals surface area contributed by atoms with Gasteiger partial charge in [-0.25, -0.2) is 0 Å². The fourth-order valence-electron chi connectivity index (χ4n) is 3.26. The molecule has 0 atom stereocenters. The van der Waals surface area contributed by atoms with Crippen molar-refractivity contribution in [1.82, 2.24) is 10.6 Å². The largest absolute Gasteiger partial charge is 0.358 e. The van der Waals surface area contributed by atoms with Gasteiger partial charge in [0.05, 0.1) is 0 Å². The van der Waals surface area contributed by atoms with E-state index in [1.54, 1.807) is 11.8 Å². The van der Waals surface area contributed by atoms with Crippen LogP contribution in [0.15, 0.2) is 119 Å². The fourth-order valence-corrected chi connectivity index (χ4v) is 4.45. The first-order valence-electron chi connectivity index (χ1n) is 11.2. The second-order valence-corrected chi connectivity index (χ2v) is 9.70. The van der Waals surface area contributed by atoms with E-state index in [1.807, 2.05) is 60.7 Å². The molecule has 4 aromatic rings. The van der Waals surface area contributed by atoms with Gasteiger partial charge in [0.25, 0.3) is 0 Å². The van der Waals surface area contributed by atoms with Crippen molar-refractivity contribution >= 4 is 57.8 Å². The van der Waals surface area contributed by atoms with Crippen LogP contribution in [-0.4, -0.2) is 10.2 Å². The van der Waals surface area contributed by atoms with E-state index in [4.69, 9.17) is 24.4 Å². The van der Waals surface area contributed by atoms with Crippen LogP contribution in [0.5, 0.6) is 0 Å². The maximum atomic E-state index is 5.41. The van der Waals surface area contributed by atoms with E-state index < -0.39 is 0 Å². The number of hydrogen-bond acceptors (Lipinski definition) is 3. The Bertz CT molecular complexity index is 1130. The first-order chi connectivity index (χ1) is 17.1. The normalized spacial score (nSPS) is 10.3. The molecule has 7 heteroatoms. The Balaban J connectivity index is 1.21. The fraction of sp³-hybridized carbons (Fsp3) is 0.0714. The van der Waals surface area contributed by atoms with Gasteiger partial charge in [-0.2, -0.15) is 0 Å². The Labute approximate surface area is 221 Å². The predicted molar refractivity (Wildman–Crippen MR) is 156 cm³/mol. The van der Waals surface area contributed by atoms with Crippen LogP contribution in [-0.2, 0) is 13.1 Å². The molecule has 0 saturated carbocycles. The summed E-state index contributed by atoms with van der Waals surface area (Å²) in [5, 5.41) is 14.1. The van der Waals surface area contributed by atoms with Gasteiger partial charge in [0.1, 0.15) is 0 Å². The van der Waals surface area contributed by atoms with Gasteiger partial charge in [0.15, 0.2) is 10.2 Å². The van der Waals surface area contributed by atoms with Crippen LogP contribution in [0.2, 0.25) is 0 Å². The summed E-state index contributed by atoms with van der Waals surface area (Å²) in [6.45, 7) is 1.39. The quantitative estimate of drug-likeness (QED) is 0.193. The van der Waals surface area contributed by atoms with E-state index in [0.29, 0.717) is 23.3 Å². The minimum atomic E-state index is 0.605. The third-order valence-corrected chi connectivity index (χ3v) is 6.56. The Hall–Kier alpha value is -3.39.